The SMILES string of the molecule is CCCCCCCCc1cccc(OC)c1C(=O)OC. The summed E-state index contributed by atoms with van der Waals surface area (Å²) in [5.41, 5.74) is 1.60. The van der Waals surface area contributed by atoms with Gasteiger partial charge in [0.05, 0.1) is 14.2 Å². The Morgan fingerprint density at radius 1 is 1.05 bits per heavy atom. The van der Waals surface area contributed by atoms with Crippen LogP contribution in [0.5, 0.6) is 5.75 Å². The second-order valence-electron chi connectivity index (χ2n) is 5.00. The molecule has 0 aromatic heterocycles. The molecule has 0 saturated heterocycles. The minimum atomic E-state index is -0.316. The number of hydrogen-bond acceptors (Lipinski definition) is 3. The summed E-state index contributed by atoms with van der Waals surface area (Å²) >= 11 is 0. The van der Waals surface area contributed by atoms with Crippen LogP contribution < -0.4 is 4.74 Å². The van der Waals surface area contributed by atoms with Crippen molar-refractivity contribution in [2.45, 2.75) is 51.9 Å². The lowest BCUT2D eigenvalue weighted by Gasteiger charge is -2.12. The highest BCUT2D eigenvalue weighted by Gasteiger charge is 2.17. The van der Waals surface area contributed by atoms with Crippen molar-refractivity contribution in [3.05, 3.63) is 29.3 Å². The molecule has 0 saturated carbocycles. The number of ether oxygens (including phenoxy) is 2. The van der Waals surface area contributed by atoms with Crippen LogP contribution in [0.15, 0.2) is 18.2 Å². The highest BCUT2D eigenvalue weighted by atomic mass is 16.5. The van der Waals surface area contributed by atoms with Crippen LogP contribution in [0.4, 0.5) is 0 Å². The van der Waals surface area contributed by atoms with E-state index in [1.807, 2.05) is 12.1 Å². The minimum absolute atomic E-state index is 0.316. The summed E-state index contributed by atoms with van der Waals surface area (Å²) in [6.07, 6.45) is 8.35. The number of rotatable bonds is 9. The van der Waals surface area contributed by atoms with Crippen molar-refractivity contribution in [3.63, 3.8) is 0 Å². The maximum atomic E-state index is 11.9. The predicted molar refractivity (Wildman–Crippen MR) is 81.4 cm³/mol. The van der Waals surface area contributed by atoms with Crippen molar-refractivity contribution in [2.75, 3.05) is 14.2 Å². The van der Waals surface area contributed by atoms with Crippen LogP contribution in [-0.2, 0) is 11.2 Å². The summed E-state index contributed by atoms with van der Waals surface area (Å²) < 4.78 is 10.1. The number of benzene rings is 1. The number of methoxy groups -OCH3 is 2. The van der Waals surface area contributed by atoms with Crippen LogP contribution in [0.25, 0.3) is 0 Å². The fourth-order valence-corrected chi connectivity index (χ4v) is 2.38. The van der Waals surface area contributed by atoms with Crippen molar-refractivity contribution < 1.29 is 14.3 Å². The Kier molecular flexibility index (Phi) is 7.78. The zero-order chi connectivity index (χ0) is 14.8. The molecular weight excluding hydrogens is 252 g/mol. The van der Waals surface area contributed by atoms with E-state index in [0.717, 1.165) is 18.4 Å². The van der Waals surface area contributed by atoms with Gasteiger partial charge in [0, 0.05) is 0 Å². The van der Waals surface area contributed by atoms with E-state index >= 15 is 0 Å². The third-order valence-corrected chi connectivity index (χ3v) is 3.52. The minimum Gasteiger partial charge on any atom is -0.496 e. The van der Waals surface area contributed by atoms with Gasteiger partial charge >= 0.3 is 5.97 Å². The predicted octanol–water partition coefficient (Wildman–Crippen LogP) is 4.38. The molecule has 0 radical (unpaired) electrons. The van der Waals surface area contributed by atoms with Crippen molar-refractivity contribution >= 4 is 5.97 Å². The molecule has 0 aliphatic carbocycles. The van der Waals surface area contributed by atoms with Gasteiger partial charge in [0.15, 0.2) is 0 Å². The maximum absolute atomic E-state index is 11.9. The fourth-order valence-electron chi connectivity index (χ4n) is 2.38. The summed E-state index contributed by atoms with van der Waals surface area (Å²) in [4.78, 5) is 11.9. The average molecular weight is 278 g/mol. The van der Waals surface area contributed by atoms with Gasteiger partial charge in [-0.25, -0.2) is 4.79 Å². The lowest BCUT2D eigenvalue weighted by molar-refractivity contribution is 0.0595. The molecule has 0 bridgehead atoms. The van der Waals surface area contributed by atoms with Crippen LogP contribution in [0, 0.1) is 0 Å². The molecule has 112 valence electrons. The molecule has 20 heavy (non-hydrogen) atoms. The number of carbonyl (C=O) groups is 1. The topological polar surface area (TPSA) is 35.5 Å². The van der Waals surface area contributed by atoms with Gasteiger partial charge in [-0.1, -0.05) is 51.2 Å². The standard InChI is InChI=1S/C17H26O3/c1-4-5-6-7-8-9-11-14-12-10-13-15(19-2)16(14)17(18)20-3/h10,12-13H,4-9,11H2,1-3H3. The number of carbonyl (C=O) groups excluding carboxylic acids is 1. The van der Waals surface area contributed by atoms with Crippen LogP contribution in [0.3, 0.4) is 0 Å². The Morgan fingerprint density at radius 3 is 2.40 bits per heavy atom. The number of unbranched alkanes of at least 4 members (excludes halogenated alkanes) is 5. The van der Waals surface area contributed by atoms with E-state index in [1.54, 1.807) is 13.2 Å². The Bertz CT molecular complexity index is 413. The Morgan fingerprint density at radius 2 is 1.75 bits per heavy atom. The number of esters is 1. The Balaban J connectivity index is 2.62. The highest BCUT2D eigenvalue weighted by molar-refractivity contribution is 5.94. The van der Waals surface area contributed by atoms with Crippen LogP contribution in [0.1, 0.15) is 61.4 Å². The van der Waals surface area contributed by atoms with Crippen LogP contribution >= 0.6 is 0 Å². The first-order chi connectivity index (χ1) is 9.74. The average Bonchev–Trinajstić information content (AvgIpc) is 2.49. The lowest BCUT2D eigenvalue weighted by Crippen LogP contribution is -2.08. The van der Waals surface area contributed by atoms with E-state index in [-0.39, 0.29) is 5.97 Å². The van der Waals surface area contributed by atoms with E-state index in [9.17, 15) is 4.79 Å². The molecule has 0 aliphatic rings. The van der Waals surface area contributed by atoms with Gasteiger partial charge in [0.25, 0.3) is 0 Å². The first-order valence-electron chi connectivity index (χ1n) is 7.48. The molecule has 0 unspecified atom stereocenters. The Labute approximate surface area is 122 Å². The van der Waals surface area contributed by atoms with Gasteiger partial charge in [0.2, 0.25) is 0 Å². The molecule has 3 heteroatoms. The van der Waals surface area contributed by atoms with Gasteiger partial charge in [-0.2, -0.15) is 0 Å². The van der Waals surface area contributed by atoms with Crippen LogP contribution in [0.2, 0.25) is 0 Å². The molecule has 0 atom stereocenters. The highest BCUT2D eigenvalue weighted by Crippen LogP contribution is 2.24. The van der Waals surface area contributed by atoms with Crippen molar-refractivity contribution in [2.24, 2.45) is 0 Å². The van der Waals surface area contributed by atoms with E-state index in [4.69, 9.17) is 9.47 Å². The zero-order valence-electron chi connectivity index (χ0n) is 12.9. The van der Waals surface area contributed by atoms with Crippen molar-refractivity contribution in [1.82, 2.24) is 0 Å². The quantitative estimate of drug-likeness (QED) is 0.496. The third kappa shape index (κ3) is 4.87. The maximum Gasteiger partial charge on any atom is 0.341 e. The number of hydrogen-bond donors (Lipinski definition) is 0. The van der Waals surface area contributed by atoms with E-state index < -0.39 is 0 Å². The second-order valence-corrected chi connectivity index (χ2v) is 5.00. The molecule has 3 nitrogen and oxygen atoms in total. The molecular formula is C17H26O3. The molecule has 0 aliphatic heterocycles. The second kappa shape index (κ2) is 9.40. The Hall–Kier alpha value is -1.51. The molecule has 1 rings (SSSR count). The summed E-state index contributed by atoms with van der Waals surface area (Å²) in [6, 6.07) is 5.72. The summed E-state index contributed by atoms with van der Waals surface area (Å²) in [5.74, 6) is 0.281. The summed E-state index contributed by atoms with van der Waals surface area (Å²) in [5, 5.41) is 0. The third-order valence-electron chi connectivity index (χ3n) is 3.52. The van der Waals surface area contributed by atoms with Gasteiger partial charge in [-0.3, -0.25) is 0 Å². The van der Waals surface area contributed by atoms with Crippen molar-refractivity contribution in [3.8, 4) is 5.75 Å². The largest absolute Gasteiger partial charge is 0.496 e. The summed E-state index contributed by atoms with van der Waals surface area (Å²) in [7, 11) is 2.99. The van der Waals surface area contributed by atoms with Gasteiger partial charge < -0.3 is 9.47 Å². The van der Waals surface area contributed by atoms with Gasteiger partial charge in [-0.15, -0.1) is 0 Å². The van der Waals surface area contributed by atoms with E-state index in [1.165, 1.54) is 39.2 Å². The smallest absolute Gasteiger partial charge is 0.341 e. The van der Waals surface area contributed by atoms with Gasteiger partial charge in [-0.05, 0) is 24.5 Å². The fraction of sp³-hybridized carbons (Fsp3) is 0.588. The molecule has 1 aromatic rings. The van der Waals surface area contributed by atoms with E-state index in [2.05, 4.69) is 6.92 Å². The molecule has 0 heterocycles. The molecule has 0 amide bonds. The first-order valence-corrected chi connectivity index (χ1v) is 7.48. The molecule has 0 fully saturated rings. The monoisotopic (exact) mass is 278 g/mol. The van der Waals surface area contributed by atoms with Crippen LogP contribution in [-0.4, -0.2) is 20.2 Å². The number of aryl methyl sites for hydroxylation is 1. The summed E-state index contributed by atoms with van der Waals surface area (Å²) in [6.45, 7) is 2.22. The molecule has 0 spiro atoms. The zero-order valence-corrected chi connectivity index (χ0v) is 12.9. The first kappa shape index (κ1) is 16.5. The van der Waals surface area contributed by atoms with Crippen molar-refractivity contribution in [1.29, 1.82) is 0 Å². The lowest BCUT2D eigenvalue weighted by atomic mass is 9.99. The normalized spacial score (nSPS) is 10.3. The molecule has 0 N–H and O–H groups in total. The molecule has 1 aromatic carbocycles. The van der Waals surface area contributed by atoms with E-state index in [0.29, 0.717) is 11.3 Å². The van der Waals surface area contributed by atoms with Gasteiger partial charge in [0.1, 0.15) is 11.3 Å².